The Balaban J connectivity index is 2.00. The van der Waals surface area contributed by atoms with Crippen LogP contribution in [0, 0.1) is 0 Å². The van der Waals surface area contributed by atoms with Crippen molar-refractivity contribution in [3.05, 3.63) is 58.6 Å². The van der Waals surface area contributed by atoms with Crippen molar-refractivity contribution in [2.75, 3.05) is 7.11 Å². The number of halogens is 1. The van der Waals surface area contributed by atoms with Crippen LogP contribution in [0.25, 0.3) is 11.1 Å². The van der Waals surface area contributed by atoms with Gasteiger partial charge in [-0.05, 0) is 40.0 Å². The summed E-state index contributed by atoms with van der Waals surface area (Å²) in [6, 6.07) is 13.4. The largest absolute Gasteiger partial charge is 0.380 e. The van der Waals surface area contributed by atoms with Crippen molar-refractivity contribution in [3.8, 4) is 11.1 Å². The Hall–Kier alpha value is -1.89. The summed E-state index contributed by atoms with van der Waals surface area (Å²) in [7, 11) is 1.64. The van der Waals surface area contributed by atoms with Crippen molar-refractivity contribution < 1.29 is 13.2 Å². The van der Waals surface area contributed by atoms with Crippen molar-refractivity contribution in [2.24, 2.45) is 5.16 Å². The molecule has 0 saturated heterocycles. The molecule has 0 saturated carbocycles. The fourth-order valence-electron chi connectivity index (χ4n) is 2.23. The lowest BCUT2D eigenvalue weighted by atomic mass is 9.97. The predicted molar refractivity (Wildman–Crippen MR) is 86.5 cm³/mol. The van der Waals surface area contributed by atoms with E-state index < -0.39 is 11.3 Å². The Bertz CT molecular complexity index is 747. The second-order valence-electron chi connectivity index (χ2n) is 4.66. The van der Waals surface area contributed by atoms with E-state index >= 15 is 0 Å². The number of benzene rings is 2. The van der Waals surface area contributed by atoms with Crippen LogP contribution in [0.1, 0.15) is 11.1 Å². The molecule has 1 N–H and O–H groups in total. The van der Waals surface area contributed by atoms with Crippen molar-refractivity contribution in [2.45, 2.75) is 6.61 Å². The van der Waals surface area contributed by atoms with E-state index in [-0.39, 0.29) is 0 Å². The topological polar surface area (TPSA) is 59.9 Å². The van der Waals surface area contributed by atoms with Gasteiger partial charge < -0.3 is 4.74 Å². The standard InChI is InChI=1S/C15H13ClN2O3S/c1-20-9-12-8-11(15-17-21-22(19)18-15)4-7-14(12)10-2-5-13(16)6-3-10/h2-8H,9H2,1H3,(H,17,18). The molecule has 0 amide bonds. The first-order chi connectivity index (χ1) is 10.7. The first-order valence-electron chi connectivity index (χ1n) is 6.49. The van der Waals surface area contributed by atoms with E-state index in [2.05, 4.69) is 14.2 Å². The SMILES string of the molecule is COCc1cc(C2=NOS(=O)N2)ccc1-c1ccc(Cl)cc1. The van der Waals surface area contributed by atoms with Crippen molar-refractivity contribution in [1.29, 1.82) is 0 Å². The number of rotatable bonds is 4. The van der Waals surface area contributed by atoms with Crippen LogP contribution in [0.2, 0.25) is 5.02 Å². The molecule has 1 atom stereocenters. The number of hydrogen-bond acceptors (Lipinski definition) is 4. The molecule has 1 heterocycles. The molecule has 1 aliphatic heterocycles. The minimum absolute atomic E-state index is 0.443. The molecule has 3 rings (SSSR count). The fraction of sp³-hybridized carbons (Fsp3) is 0.133. The van der Waals surface area contributed by atoms with E-state index in [0.29, 0.717) is 17.5 Å². The van der Waals surface area contributed by atoms with Gasteiger partial charge in [-0.25, -0.2) is 0 Å². The van der Waals surface area contributed by atoms with Gasteiger partial charge in [0.1, 0.15) is 0 Å². The van der Waals surface area contributed by atoms with Crippen LogP contribution in [0.4, 0.5) is 0 Å². The molecular weight excluding hydrogens is 324 g/mol. The molecule has 22 heavy (non-hydrogen) atoms. The van der Waals surface area contributed by atoms with E-state index in [0.717, 1.165) is 22.3 Å². The highest BCUT2D eigenvalue weighted by Gasteiger charge is 2.18. The number of oxime groups is 1. The summed E-state index contributed by atoms with van der Waals surface area (Å²) in [5.74, 6) is 0.443. The zero-order valence-corrected chi connectivity index (χ0v) is 13.3. The van der Waals surface area contributed by atoms with Gasteiger partial charge in [-0.3, -0.25) is 9.01 Å². The summed E-state index contributed by atoms with van der Waals surface area (Å²) in [4.78, 5) is 0. The first-order valence-corrected chi connectivity index (χ1v) is 7.95. The average molecular weight is 337 g/mol. The third-order valence-electron chi connectivity index (χ3n) is 3.21. The van der Waals surface area contributed by atoms with Crippen LogP contribution < -0.4 is 4.72 Å². The predicted octanol–water partition coefficient (Wildman–Crippen LogP) is 3.01. The summed E-state index contributed by atoms with van der Waals surface area (Å²) in [5, 5.41) is 4.44. The second-order valence-corrected chi connectivity index (χ2v) is 5.92. The Kier molecular flexibility index (Phi) is 4.42. The normalized spacial score (nSPS) is 16.8. The molecule has 0 fully saturated rings. The molecular formula is C15H13ClN2O3S. The summed E-state index contributed by atoms with van der Waals surface area (Å²) >= 11 is 4.33. The minimum Gasteiger partial charge on any atom is -0.380 e. The molecule has 0 aliphatic carbocycles. The molecule has 2 aromatic rings. The van der Waals surface area contributed by atoms with Crippen molar-refractivity contribution in [3.63, 3.8) is 0 Å². The monoisotopic (exact) mass is 336 g/mol. The molecule has 7 heteroatoms. The fourth-order valence-corrected chi connectivity index (χ4v) is 2.84. The van der Waals surface area contributed by atoms with Crippen molar-refractivity contribution >= 4 is 28.7 Å². The van der Waals surface area contributed by atoms with Gasteiger partial charge >= 0.3 is 11.3 Å². The Morgan fingerprint density at radius 3 is 2.59 bits per heavy atom. The van der Waals surface area contributed by atoms with Gasteiger partial charge in [0.15, 0.2) is 5.84 Å². The summed E-state index contributed by atoms with van der Waals surface area (Å²) in [6.45, 7) is 0.447. The van der Waals surface area contributed by atoms with Gasteiger partial charge in [0.25, 0.3) is 0 Å². The molecule has 114 valence electrons. The lowest BCUT2D eigenvalue weighted by Crippen LogP contribution is -2.20. The zero-order valence-electron chi connectivity index (χ0n) is 11.7. The Morgan fingerprint density at radius 1 is 1.23 bits per heavy atom. The highest BCUT2D eigenvalue weighted by molar-refractivity contribution is 7.79. The van der Waals surface area contributed by atoms with Gasteiger partial charge in [0, 0.05) is 17.7 Å². The number of nitrogens with zero attached hydrogens (tertiary/aromatic N) is 1. The summed E-state index contributed by atoms with van der Waals surface area (Å²) < 4.78 is 23.8. The van der Waals surface area contributed by atoms with Gasteiger partial charge in [0.2, 0.25) is 0 Å². The van der Waals surface area contributed by atoms with Crippen LogP contribution in [-0.2, 0) is 26.9 Å². The Labute approximate surface area is 135 Å². The third kappa shape index (κ3) is 3.14. The van der Waals surface area contributed by atoms with Gasteiger partial charge in [-0.2, -0.15) is 4.21 Å². The average Bonchev–Trinajstić information content (AvgIpc) is 2.95. The van der Waals surface area contributed by atoms with E-state index in [9.17, 15) is 4.21 Å². The number of nitrogens with one attached hydrogen (secondary N) is 1. The number of ether oxygens (including phenoxy) is 1. The van der Waals surface area contributed by atoms with Crippen molar-refractivity contribution in [1.82, 2.24) is 4.72 Å². The molecule has 0 spiro atoms. The maximum Gasteiger partial charge on any atom is 0.338 e. The number of amidine groups is 1. The highest BCUT2D eigenvalue weighted by atomic mass is 35.5. The third-order valence-corrected chi connectivity index (χ3v) is 4.03. The molecule has 0 radical (unpaired) electrons. The van der Waals surface area contributed by atoms with Gasteiger partial charge in [-0.1, -0.05) is 35.9 Å². The quantitative estimate of drug-likeness (QED) is 0.933. The minimum atomic E-state index is -1.61. The lowest BCUT2D eigenvalue weighted by molar-refractivity contribution is 0.185. The highest BCUT2D eigenvalue weighted by Crippen LogP contribution is 2.27. The van der Waals surface area contributed by atoms with E-state index in [1.807, 2.05) is 42.5 Å². The number of hydrogen-bond donors (Lipinski definition) is 1. The first kappa shape index (κ1) is 15.0. The van der Waals surface area contributed by atoms with Gasteiger partial charge in [-0.15, -0.1) is 0 Å². The van der Waals surface area contributed by atoms with Gasteiger partial charge in [0.05, 0.1) is 6.61 Å². The summed E-state index contributed by atoms with van der Waals surface area (Å²) in [5.41, 5.74) is 3.87. The van der Waals surface area contributed by atoms with E-state index in [1.165, 1.54) is 0 Å². The van der Waals surface area contributed by atoms with Crippen LogP contribution >= 0.6 is 11.6 Å². The number of methoxy groups -OCH3 is 1. The smallest absolute Gasteiger partial charge is 0.338 e. The Morgan fingerprint density at radius 2 is 1.95 bits per heavy atom. The molecule has 5 nitrogen and oxygen atoms in total. The second kappa shape index (κ2) is 6.48. The van der Waals surface area contributed by atoms with Crippen LogP contribution in [-0.4, -0.2) is 17.2 Å². The zero-order chi connectivity index (χ0) is 15.5. The van der Waals surface area contributed by atoms with Crippen LogP contribution in [0.15, 0.2) is 47.6 Å². The van der Waals surface area contributed by atoms with E-state index in [4.69, 9.17) is 16.3 Å². The molecule has 1 unspecified atom stereocenters. The maximum absolute atomic E-state index is 11.2. The summed E-state index contributed by atoms with van der Waals surface area (Å²) in [6.07, 6.45) is 0. The van der Waals surface area contributed by atoms with E-state index in [1.54, 1.807) is 7.11 Å². The molecule has 2 aromatic carbocycles. The molecule has 0 aromatic heterocycles. The maximum atomic E-state index is 11.2. The van der Waals surface area contributed by atoms with Crippen LogP contribution in [0.3, 0.4) is 0 Å². The lowest BCUT2D eigenvalue weighted by Gasteiger charge is -2.11. The van der Waals surface area contributed by atoms with Crippen LogP contribution in [0.5, 0.6) is 0 Å². The molecule has 1 aliphatic rings. The molecule has 0 bridgehead atoms.